The van der Waals surface area contributed by atoms with Gasteiger partial charge in [-0.25, -0.2) is 0 Å². The SMILES string of the molecule is CN=C(NCCCSC)N(C)CCOc1ccccc1C. The van der Waals surface area contributed by atoms with Crippen LogP contribution in [0.5, 0.6) is 5.75 Å². The van der Waals surface area contributed by atoms with Crippen LogP contribution in [0.1, 0.15) is 12.0 Å². The molecular weight excluding hydrogens is 282 g/mol. The van der Waals surface area contributed by atoms with Crippen molar-refractivity contribution in [2.45, 2.75) is 13.3 Å². The Hall–Kier alpha value is -1.36. The maximum absolute atomic E-state index is 5.82. The highest BCUT2D eigenvalue weighted by Gasteiger charge is 2.05. The topological polar surface area (TPSA) is 36.9 Å². The van der Waals surface area contributed by atoms with E-state index >= 15 is 0 Å². The van der Waals surface area contributed by atoms with Gasteiger partial charge in [0.1, 0.15) is 12.4 Å². The molecular formula is C16H27N3OS. The van der Waals surface area contributed by atoms with E-state index in [1.807, 2.05) is 44.1 Å². The van der Waals surface area contributed by atoms with E-state index in [2.05, 4.69) is 34.5 Å². The van der Waals surface area contributed by atoms with E-state index in [1.54, 1.807) is 0 Å². The van der Waals surface area contributed by atoms with Gasteiger partial charge >= 0.3 is 0 Å². The average Bonchev–Trinajstić information content (AvgIpc) is 2.49. The number of hydrogen-bond acceptors (Lipinski definition) is 3. The van der Waals surface area contributed by atoms with Crippen molar-refractivity contribution < 1.29 is 4.74 Å². The first-order chi connectivity index (χ1) is 10.2. The van der Waals surface area contributed by atoms with Crippen molar-refractivity contribution in [3.63, 3.8) is 0 Å². The summed E-state index contributed by atoms with van der Waals surface area (Å²) in [6.45, 7) is 4.46. The van der Waals surface area contributed by atoms with Gasteiger partial charge in [0.15, 0.2) is 5.96 Å². The Kier molecular flexibility index (Phi) is 8.74. The second-order valence-electron chi connectivity index (χ2n) is 4.86. The first-order valence-corrected chi connectivity index (χ1v) is 8.67. The number of nitrogens with one attached hydrogen (secondary N) is 1. The monoisotopic (exact) mass is 309 g/mol. The summed E-state index contributed by atoms with van der Waals surface area (Å²) >= 11 is 1.87. The van der Waals surface area contributed by atoms with E-state index in [0.29, 0.717) is 6.61 Å². The van der Waals surface area contributed by atoms with Crippen molar-refractivity contribution in [3.8, 4) is 5.75 Å². The summed E-state index contributed by atoms with van der Waals surface area (Å²) in [7, 11) is 3.85. The lowest BCUT2D eigenvalue weighted by molar-refractivity contribution is 0.280. The molecule has 0 heterocycles. The summed E-state index contributed by atoms with van der Waals surface area (Å²) in [6, 6.07) is 8.09. The number of ether oxygens (including phenoxy) is 1. The fourth-order valence-corrected chi connectivity index (χ4v) is 2.35. The van der Waals surface area contributed by atoms with Crippen LogP contribution in [-0.4, -0.2) is 56.7 Å². The zero-order valence-corrected chi connectivity index (χ0v) is 14.4. The zero-order valence-electron chi connectivity index (χ0n) is 13.6. The molecule has 0 aromatic heterocycles. The fourth-order valence-electron chi connectivity index (χ4n) is 1.92. The molecule has 5 heteroatoms. The fraction of sp³-hybridized carbons (Fsp3) is 0.562. The molecule has 1 rings (SSSR count). The van der Waals surface area contributed by atoms with Gasteiger partial charge in [0, 0.05) is 20.6 Å². The van der Waals surface area contributed by atoms with E-state index < -0.39 is 0 Å². The van der Waals surface area contributed by atoms with Crippen molar-refractivity contribution in [3.05, 3.63) is 29.8 Å². The van der Waals surface area contributed by atoms with Crippen LogP contribution in [-0.2, 0) is 0 Å². The van der Waals surface area contributed by atoms with Crippen LogP contribution in [0.3, 0.4) is 0 Å². The third kappa shape index (κ3) is 6.76. The number of aliphatic imine (C=N–C) groups is 1. The largest absolute Gasteiger partial charge is 0.491 e. The first-order valence-electron chi connectivity index (χ1n) is 7.28. The lowest BCUT2D eigenvalue weighted by Crippen LogP contribution is -2.41. The molecule has 0 unspecified atom stereocenters. The van der Waals surface area contributed by atoms with Crippen molar-refractivity contribution in [1.29, 1.82) is 0 Å². The molecule has 0 radical (unpaired) electrons. The average molecular weight is 309 g/mol. The van der Waals surface area contributed by atoms with Gasteiger partial charge in [-0.05, 0) is 37.0 Å². The van der Waals surface area contributed by atoms with Gasteiger partial charge in [0.25, 0.3) is 0 Å². The normalized spacial score (nSPS) is 11.3. The van der Waals surface area contributed by atoms with Gasteiger partial charge in [0.2, 0.25) is 0 Å². The maximum atomic E-state index is 5.82. The van der Waals surface area contributed by atoms with Crippen LogP contribution in [0.25, 0.3) is 0 Å². The lowest BCUT2D eigenvalue weighted by Gasteiger charge is -2.22. The first kappa shape index (κ1) is 17.7. The van der Waals surface area contributed by atoms with Crippen LogP contribution in [0.4, 0.5) is 0 Å². The minimum atomic E-state index is 0.646. The van der Waals surface area contributed by atoms with Crippen LogP contribution >= 0.6 is 11.8 Å². The molecule has 1 aromatic carbocycles. The van der Waals surface area contributed by atoms with E-state index in [9.17, 15) is 0 Å². The highest BCUT2D eigenvalue weighted by Crippen LogP contribution is 2.15. The number of rotatable bonds is 8. The molecule has 0 saturated carbocycles. The molecule has 0 amide bonds. The highest BCUT2D eigenvalue weighted by molar-refractivity contribution is 7.98. The molecule has 0 fully saturated rings. The van der Waals surface area contributed by atoms with Gasteiger partial charge < -0.3 is 15.0 Å². The number of hydrogen-bond donors (Lipinski definition) is 1. The molecule has 0 aliphatic carbocycles. The Morgan fingerprint density at radius 2 is 2.14 bits per heavy atom. The Balaban J connectivity index is 2.31. The predicted octanol–water partition coefficient (Wildman–Crippen LogP) is 2.63. The maximum Gasteiger partial charge on any atom is 0.193 e. The van der Waals surface area contributed by atoms with Crippen molar-refractivity contribution >= 4 is 17.7 Å². The summed E-state index contributed by atoms with van der Waals surface area (Å²) in [5.41, 5.74) is 1.17. The molecule has 0 spiro atoms. The molecule has 1 aromatic rings. The van der Waals surface area contributed by atoms with Gasteiger partial charge in [0.05, 0.1) is 6.54 Å². The molecule has 0 aliphatic heterocycles. The van der Waals surface area contributed by atoms with Gasteiger partial charge in [-0.3, -0.25) is 4.99 Å². The Morgan fingerprint density at radius 3 is 2.81 bits per heavy atom. The molecule has 0 bridgehead atoms. The van der Waals surface area contributed by atoms with E-state index in [1.165, 1.54) is 11.3 Å². The summed E-state index contributed by atoms with van der Waals surface area (Å²) in [5.74, 6) is 3.04. The smallest absolute Gasteiger partial charge is 0.193 e. The number of likely N-dealkylation sites (N-methyl/N-ethyl adjacent to an activating group) is 1. The minimum Gasteiger partial charge on any atom is -0.491 e. The third-order valence-electron chi connectivity index (χ3n) is 3.16. The molecule has 21 heavy (non-hydrogen) atoms. The zero-order chi connectivity index (χ0) is 15.5. The Morgan fingerprint density at radius 1 is 1.38 bits per heavy atom. The number of nitrogens with zero attached hydrogens (tertiary/aromatic N) is 2. The Bertz CT molecular complexity index is 437. The number of benzene rings is 1. The van der Waals surface area contributed by atoms with Crippen LogP contribution < -0.4 is 10.1 Å². The number of thioether (sulfide) groups is 1. The summed E-state index contributed by atoms with van der Waals surface area (Å²) in [6.07, 6.45) is 3.28. The third-order valence-corrected chi connectivity index (χ3v) is 3.86. The molecule has 1 N–H and O–H groups in total. The highest BCUT2D eigenvalue weighted by atomic mass is 32.2. The number of guanidine groups is 1. The minimum absolute atomic E-state index is 0.646. The van der Waals surface area contributed by atoms with Crippen LogP contribution in [0, 0.1) is 6.92 Å². The second kappa shape index (κ2) is 10.4. The standard InChI is InChI=1S/C16H27N3OS/c1-14-8-5-6-9-15(14)20-12-11-19(3)16(17-2)18-10-7-13-21-4/h5-6,8-9H,7,10-13H2,1-4H3,(H,17,18). The molecule has 0 saturated heterocycles. The number of aryl methyl sites for hydroxylation is 1. The molecule has 118 valence electrons. The molecule has 0 aliphatic rings. The van der Waals surface area contributed by atoms with Crippen LogP contribution in [0.15, 0.2) is 29.3 Å². The number of para-hydroxylation sites is 1. The van der Waals surface area contributed by atoms with Gasteiger partial charge in [-0.15, -0.1) is 0 Å². The predicted molar refractivity (Wildman–Crippen MR) is 93.7 cm³/mol. The molecule has 4 nitrogen and oxygen atoms in total. The quantitative estimate of drug-likeness (QED) is 0.455. The Labute approximate surface area is 133 Å². The summed E-state index contributed by atoms with van der Waals surface area (Å²) < 4.78 is 5.82. The van der Waals surface area contributed by atoms with Crippen molar-refractivity contribution in [2.24, 2.45) is 4.99 Å². The van der Waals surface area contributed by atoms with Crippen LogP contribution in [0.2, 0.25) is 0 Å². The van der Waals surface area contributed by atoms with E-state index in [4.69, 9.17) is 4.74 Å². The molecule has 0 atom stereocenters. The van der Waals surface area contributed by atoms with Gasteiger partial charge in [-0.1, -0.05) is 18.2 Å². The van der Waals surface area contributed by atoms with Crippen molar-refractivity contribution in [1.82, 2.24) is 10.2 Å². The van der Waals surface area contributed by atoms with E-state index in [-0.39, 0.29) is 0 Å². The van der Waals surface area contributed by atoms with Crippen molar-refractivity contribution in [2.75, 3.05) is 45.8 Å². The van der Waals surface area contributed by atoms with E-state index in [0.717, 1.165) is 31.2 Å². The second-order valence-corrected chi connectivity index (χ2v) is 5.84. The lowest BCUT2D eigenvalue weighted by atomic mass is 10.2. The summed E-state index contributed by atoms with van der Waals surface area (Å²) in [4.78, 5) is 6.39. The van der Waals surface area contributed by atoms with Gasteiger partial charge in [-0.2, -0.15) is 11.8 Å². The summed E-state index contributed by atoms with van der Waals surface area (Å²) in [5, 5.41) is 3.37.